The molecule has 0 unspecified atom stereocenters. The van der Waals surface area contributed by atoms with Gasteiger partial charge in [0.1, 0.15) is 24.4 Å². The number of hydrogen-bond acceptors (Lipinski definition) is 6. The minimum absolute atomic E-state index is 0.168. The predicted octanol–water partition coefficient (Wildman–Crippen LogP) is 5.32. The molecule has 176 valence electrons. The largest absolute Gasteiger partial charge is 0.372 e. The Labute approximate surface area is 183 Å². The van der Waals surface area contributed by atoms with E-state index in [1.54, 1.807) is 0 Å². The van der Waals surface area contributed by atoms with Gasteiger partial charge in [0.2, 0.25) is 0 Å². The lowest BCUT2D eigenvalue weighted by atomic mass is 10.1. The van der Waals surface area contributed by atoms with Crippen LogP contribution in [0.25, 0.3) is 0 Å². The third-order valence-electron chi connectivity index (χ3n) is 6.23. The Morgan fingerprint density at radius 3 is 1.97 bits per heavy atom. The highest BCUT2D eigenvalue weighted by Crippen LogP contribution is 2.42. The van der Waals surface area contributed by atoms with E-state index in [9.17, 15) is 0 Å². The summed E-state index contributed by atoms with van der Waals surface area (Å²) in [5, 5.41) is 0. The molecule has 5 atom stereocenters. The van der Waals surface area contributed by atoms with Crippen LogP contribution in [-0.4, -0.2) is 55.5 Å². The molecule has 0 aromatic heterocycles. The zero-order chi connectivity index (χ0) is 21.6. The van der Waals surface area contributed by atoms with E-state index in [-0.39, 0.29) is 24.4 Å². The maximum atomic E-state index is 6.31. The fourth-order valence-electron chi connectivity index (χ4n) is 4.68. The van der Waals surface area contributed by atoms with Crippen LogP contribution in [-0.2, 0) is 28.4 Å². The van der Waals surface area contributed by atoms with Gasteiger partial charge in [-0.2, -0.15) is 0 Å². The van der Waals surface area contributed by atoms with Crippen LogP contribution in [0.2, 0.25) is 0 Å². The van der Waals surface area contributed by atoms with E-state index in [0.717, 1.165) is 6.42 Å². The second-order valence-electron chi connectivity index (χ2n) is 9.95. The van der Waals surface area contributed by atoms with Crippen LogP contribution in [0, 0.1) is 0 Å². The zero-order valence-electron chi connectivity index (χ0n) is 19.8. The van der Waals surface area contributed by atoms with E-state index in [1.165, 1.54) is 57.8 Å². The van der Waals surface area contributed by atoms with Crippen LogP contribution in [0.3, 0.4) is 0 Å². The zero-order valence-corrected chi connectivity index (χ0v) is 19.8. The Balaban J connectivity index is 1.37. The van der Waals surface area contributed by atoms with Crippen LogP contribution in [0.4, 0.5) is 0 Å². The van der Waals surface area contributed by atoms with Gasteiger partial charge in [0.25, 0.3) is 0 Å². The summed E-state index contributed by atoms with van der Waals surface area (Å²) in [6.07, 6.45) is 11.9. The average molecular weight is 429 g/mol. The summed E-state index contributed by atoms with van der Waals surface area (Å²) in [6, 6.07) is 0. The fraction of sp³-hybridized carbons (Fsp3) is 1.00. The Morgan fingerprint density at radius 2 is 1.37 bits per heavy atom. The third-order valence-corrected chi connectivity index (χ3v) is 6.23. The number of unbranched alkanes of at least 4 members (excludes halogenated alkanes) is 9. The van der Waals surface area contributed by atoms with Crippen molar-refractivity contribution in [1.29, 1.82) is 0 Å². The van der Waals surface area contributed by atoms with Crippen LogP contribution < -0.4 is 0 Å². The molecule has 0 aromatic carbocycles. The molecule has 0 N–H and O–H groups in total. The van der Waals surface area contributed by atoms with Gasteiger partial charge in [-0.25, -0.2) is 0 Å². The van der Waals surface area contributed by atoms with E-state index in [2.05, 4.69) is 6.92 Å². The molecule has 6 nitrogen and oxygen atoms in total. The lowest BCUT2D eigenvalue weighted by Gasteiger charge is -2.29. The lowest BCUT2D eigenvalue weighted by molar-refractivity contribution is -0.236. The summed E-state index contributed by atoms with van der Waals surface area (Å²) in [5.74, 6) is -1.24. The molecule has 3 rings (SSSR count). The first-order valence-electron chi connectivity index (χ1n) is 12.3. The summed E-state index contributed by atoms with van der Waals surface area (Å²) >= 11 is 0. The van der Waals surface area contributed by atoms with E-state index < -0.39 is 17.9 Å². The molecule has 3 heterocycles. The molecule has 6 heteroatoms. The normalized spacial score (nSPS) is 34.5. The molecule has 3 fully saturated rings. The van der Waals surface area contributed by atoms with Crippen LogP contribution >= 0.6 is 0 Å². The molecule has 3 aliphatic heterocycles. The number of fused-ring (bicyclic) bond motifs is 1. The average Bonchev–Trinajstić information content (AvgIpc) is 3.29. The van der Waals surface area contributed by atoms with Crippen molar-refractivity contribution in [3.63, 3.8) is 0 Å². The van der Waals surface area contributed by atoms with Crippen LogP contribution in [0.1, 0.15) is 98.8 Å². The summed E-state index contributed by atoms with van der Waals surface area (Å²) in [7, 11) is 0. The minimum Gasteiger partial charge on any atom is -0.372 e. The topological polar surface area (TPSA) is 55.4 Å². The van der Waals surface area contributed by atoms with Crippen molar-refractivity contribution < 1.29 is 28.4 Å². The Morgan fingerprint density at radius 1 is 0.733 bits per heavy atom. The van der Waals surface area contributed by atoms with E-state index in [4.69, 9.17) is 28.4 Å². The highest BCUT2D eigenvalue weighted by Gasteiger charge is 2.58. The fourth-order valence-corrected chi connectivity index (χ4v) is 4.68. The van der Waals surface area contributed by atoms with Crippen molar-refractivity contribution in [3.8, 4) is 0 Å². The Bertz CT molecular complexity index is 508. The predicted molar refractivity (Wildman–Crippen MR) is 115 cm³/mol. The highest BCUT2D eigenvalue weighted by molar-refractivity contribution is 4.98. The maximum absolute atomic E-state index is 6.31. The van der Waals surface area contributed by atoms with Gasteiger partial charge in [0.15, 0.2) is 17.9 Å². The van der Waals surface area contributed by atoms with Crippen LogP contribution in [0.15, 0.2) is 0 Å². The van der Waals surface area contributed by atoms with Crippen molar-refractivity contribution in [2.24, 2.45) is 0 Å². The Hall–Kier alpha value is -0.240. The van der Waals surface area contributed by atoms with Gasteiger partial charge in [-0.05, 0) is 34.1 Å². The molecule has 0 radical (unpaired) electrons. The summed E-state index contributed by atoms with van der Waals surface area (Å²) in [5.41, 5.74) is 0. The molecule has 0 saturated carbocycles. The second-order valence-corrected chi connectivity index (χ2v) is 9.95. The van der Waals surface area contributed by atoms with Gasteiger partial charge >= 0.3 is 0 Å². The van der Waals surface area contributed by atoms with E-state index in [1.807, 2.05) is 27.7 Å². The molecule has 3 saturated heterocycles. The summed E-state index contributed by atoms with van der Waals surface area (Å²) in [6.45, 7) is 11.2. The van der Waals surface area contributed by atoms with E-state index in [0.29, 0.717) is 13.2 Å². The molecule has 0 spiro atoms. The number of hydrogen-bond donors (Lipinski definition) is 0. The van der Waals surface area contributed by atoms with Crippen molar-refractivity contribution in [2.45, 2.75) is 141 Å². The molecule has 0 bridgehead atoms. The standard InChI is InChI=1S/C24H44O6/c1-6-7-8-9-10-11-12-13-14-15-16-25-20-19(18-17-26-23(2,3)28-18)27-22-21(20)29-24(4,5)30-22/h18-22H,6-17H2,1-5H3/t18-,19-,20+,21-,22-/m1/s1. The Kier molecular flexibility index (Phi) is 9.00. The minimum atomic E-state index is -0.647. The smallest absolute Gasteiger partial charge is 0.190 e. The first-order chi connectivity index (χ1) is 14.3. The molecule has 0 aliphatic carbocycles. The highest BCUT2D eigenvalue weighted by atomic mass is 16.8. The lowest BCUT2D eigenvalue weighted by Crippen LogP contribution is -2.44. The quantitative estimate of drug-likeness (QED) is 0.370. The molecular formula is C24H44O6. The van der Waals surface area contributed by atoms with E-state index >= 15 is 0 Å². The molecule has 3 aliphatic rings. The maximum Gasteiger partial charge on any atom is 0.190 e. The molecule has 0 aromatic rings. The van der Waals surface area contributed by atoms with Crippen molar-refractivity contribution in [1.82, 2.24) is 0 Å². The third kappa shape index (κ3) is 6.88. The van der Waals surface area contributed by atoms with Gasteiger partial charge in [-0.15, -0.1) is 0 Å². The first kappa shape index (κ1) is 24.4. The SMILES string of the molecule is CCCCCCCCCCCCO[C@@H]1[C@H]2OC(C)(C)O[C@H]2O[C@@H]1[C@H]1COC(C)(C)O1. The molecule has 0 amide bonds. The van der Waals surface area contributed by atoms with Crippen LogP contribution in [0.5, 0.6) is 0 Å². The molecular weight excluding hydrogens is 384 g/mol. The van der Waals surface area contributed by atoms with Crippen molar-refractivity contribution >= 4 is 0 Å². The monoisotopic (exact) mass is 428 g/mol. The van der Waals surface area contributed by atoms with Crippen molar-refractivity contribution in [3.05, 3.63) is 0 Å². The van der Waals surface area contributed by atoms with Crippen molar-refractivity contribution in [2.75, 3.05) is 13.2 Å². The molecule has 30 heavy (non-hydrogen) atoms. The summed E-state index contributed by atoms with van der Waals surface area (Å²) < 4.78 is 36.3. The number of ether oxygens (including phenoxy) is 6. The first-order valence-corrected chi connectivity index (χ1v) is 12.3. The van der Waals surface area contributed by atoms with Gasteiger partial charge in [0, 0.05) is 6.61 Å². The van der Waals surface area contributed by atoms with Gasteiger partial charge in [0.05, 0.1) is 6.61 Å². The second kappa shape index (κ2) is 11.1. The summed E-state index contributed by atoms with van der Waals surface area (Å²) in [4.78, 5) is 0. The van der Waals surface area contributed by atoms with Gasteiger partial charge in [-0.3, -0.25) is 0 Å². The van der Waals surface area contributed by atoms with Gasteiger partial charge < -0.3 is 28.4 Å². The van der Waals surface area contributed by atoms with Gasteiger partial charge in [-0.1, -0.05) is 64.7 Å². The number of rotatable bonds is 13.